The fourth-order valence-corrected chi connectivity index (χ4v) is 3.56. The van der Waals surface area contributed by atoms with Gasteiger partial charge in [-0.25, -0.2) is 4.79 Å². The molecule has 3 amide bonds. The van der Waals surface area contributed by atoms with E-state index in [9.17, 15) is 9.59 Å². The first-order valence-electron chi connectivity index (χ1n) is 9.71. The van der Waals surface area contributed by atoms with E-state index in [-0.39, 0.29) is 29.8 Å². The zero-order valence-corrected chi connectivity index (χ0v) is 16.5. The Labute approximate surface area is 157 Å². The van der Waals surface area contributed by atoms with Crippen LogP contribution in [0.2, 0.25) is 0 Å². The molecule has 26 heavy (non-hydrogen) atoms. The second kappa shape index (κ2) is 9.06. The lowest BCUT2D eigenvalue weighted by molar-refractivity contribution is -0.123. The number of likely N-dealkylation sites (tertiary alicyclic amines) is 1. The number of nitrogens with one attached hydrogen (secondary N) is 1. The molecule has 1 saturated heterocycles. The second-order valence-corrected chi connectivity index (χ2v) is 8.17. The highest BCUT2D eigenvalue weighted by molar-refractivity contribution is 5.78. The largest absolute Gasteiger partial charge is 0.369 e. The number of carbonyl (C=O) groups excluding carboxylic acids is 2. The molecular formula is C21H33N3O2. The summed E-state index contributed by atoms with van der Waals surface area (Å²) in [6.07, 6.45) is 2.37. The molecule has 144 valence electrons. The summed E-state index contributed by atoms with van der Waals surface area (Å²) in [5.41, 5.74) is 7.83. The van der Waals surface area contributed by atoms with Crippen molar-refractivity contribution in [1.29, 1.82) is 0 Å². The molecule has 5 heteroatoms. The number of primary amides is 1. The fourth-order valence-electron chi connectivity index (χ4n) is 3.56. The van der Waals surface area contributed by atoms with Crippen LogP contribution < -0.4 is 11.1 Å². The van der Waals surface area contributed by atoms with Crippen molar-refractivity contribution in [2.75, 3.05) is 13.1 Å². The first kappa shape index (κ1) is 20.3. The molecule has 3 N–H and O–H groups in total. The molecule has 1 aromatic rings. The van der Waals surface area contributed by atoms with Gasteiger partial charge in [0.05, 0.1) is 6.04 Å². The average Bonchev–Trinajstić information content (AvgIpc) is 2.59. The van der Waals surface area contributed by atoms with Gasteiger partial charge in [0.15, 0.2) is 0 Å². The Morgan fingerprint density at radius 3 is 2.15 bits per heavy atom. The van der Waals surface area contributed by atoms with Gasteiger partial charge in [-0.3, -0.25) is 4.79 Å². The Morgan fingerprint density at radius 1 is 1.12 bits per heavy atom. The van der Waals surface area contributed by atoms with E-state index in [1.165, 1.54) is 5.56 Å². The van der Waals surface area contributed by atoms with Crippen molar-refractivity contribution < 1.29 is 9.59 Å². The molecule has 5 nitrogen and oxygen atoms in total. The van der Waals surface area contributed by atoms with Gasteiger partial charge in [0.25, 0.3) is 0 Å². The Balaban J connectivity index is 1.99. The van der Waals surface area contributed by atoms with Gasteiger partial charge in [-0.1, -0.05) is 52.0 Å². The maximum Gasteiger partial charge on any atom is 0.317 e. The Bertz CT molecular complexity index is 602. The molecule has 0 saturated carbocycles. The number of benzene rings is 1. The normalized spacial score (nSPS) is 16.8. The van der Waals surface area contributed by atoms with Crippen molar-refractivity contribution in [3.05, 3.63) is 35.4 Å². The summed E-state index contributed by atoms with van der Waals surface area (Å²) >= 11 is 0. The minimum absolute atomic E-state index is 0.0236. The number of rotatable bonds is 6. The maximum absolute atomic E-state index is 12.7. The highest BCUT2D eigenvalue weighted by Gasteiger charge is 2.28. The monoisotopic (exact) mass is 359 g/mol. The van der Waals surface area contributed by atoms with Gasteiger partial charge in [0, 0.05) is 19.0 Å². The molecule has 0 aromatic heterocycles. The van der Waals surface area contributed by atoms with Crippen molar-refractivity contribution in [3.63, 3.8) is 0 Å². The molecule has 0 unspecified atom stereocenters. The quantitative estimate of drug-likeness (QED) is 0.816. The van der Waals surface area contributed by atoms with E-state index in [0.29, 0.717) is 31.8 Å². The van der Waals surface area contributed by atoms with E-state index in [1.807, 2.05) is 0 Å². The highest BCUT2D eigenvalue weighted by atomic mass is 16.2. The maximum atomic E-state index is 12.7. The number of nitrogens with two attached hydrogens (primary N) is 1. The van der Waals surface area contributed by atoms with E-state index >= 15 is 0 Å². The summed E-state index contributed by atoms with van der Waals surface area (Å²) in [6, 6.07) is 8.50. The van der Waals surface area contributed by atoms with Crippen LogP contribution in [0.1, 0.15) is 57.7 Å². The molecular weight excluding hydrogens is 326 g/mol. The summed E-state index contributed by atoms with van der Waals surface area (Å²) in [4.78, 5) is 25.7. The highest BCUT2D eigenvalue weighted by Crippen LogP contribution is 2.24. The molecule has 1 heterocycles. The number of hydrogen-bond donors (Lipinski definition) is 2. The molecule has 0 bridgehead atoms. The van der Waals surface area contributed by atoms with Crippen LogP contribution in [0.25, 0.3) is 0 Å². The van der Waals surface area contributed by atoms with Crippen molar-refractivity contribution >= 4 is 11.9 Å². The van der Waals surface area contributed by atoms with Crippen LogP contribution in [-0.4, -0.2) is 29.9 Å². The number of piperidine rings is 1. The smallest absolute Gasteiger partial charge is 0.317 e. The number of carbonyl (C=O) groups is 2. The Morgan fingerprint density at radius 2 is 1.69 bits per heavy atom. The molecule has 1 fully saturated rings. The minimum atomic E-state index is -0.258. The summed E-state index contributed by atoms with van der Waals surface area (Å²) in [5, 5.41) is 3.18. The van der Waals surface area contributed by atoms with Crippen LogP contribution in [0.3, 0.4) is 0 Å². The van der Waals surface area contributed by atoms with Crippen LogP contribution in [-0.2, 0) is 11.2 Å². The van der Waals surface area contributed by atoms with Crippen molar-refractivity contribution in [2.24, 2.45) is 23.5 Å². The van der Waals surface area contributed by atoms with Crippen LogP contribution in [0.5, 0.6) is 0 Å². The van der Waals surface area contributed by atoms with E-state index in [0.717, 1.165) is 12.0 Å². The summed E-state index contributed by atoms with van der Waals surface area (Å²) < 4.78 is 0. The Kier molecular flexibility index (Phi) is 7.06. The van der Waals surface area contributed by atoms with E-state index in [2.05, 4.69) is 57.3 Å². The first-order valence-corrected chi connectivity index (χ1v) is 9.71. The standard InChI is InChI=1S/C21H33N3O2/c1-14(2)13-16-5-7-17(8-6-16)19(15(3)4)23-21(26)24-11-9-18(10-12-24)20(22)25/h5-8,14-15,18-19H,9-13H2,1-4H3,(H2,22,25)(H,23,26)/t19-/m1/s1. The van der Waals surface area contributed by atoms with E-state index in [4.69, 9.17) is 5.73 Å². The average molecular weight is 360 g/mol. The lowest BCUT2D eigenvalue weighted by Crippen LogP contribution is -2.47. The van der Waals surface area contributed by atoms with Gasteiger partial charge in [0.2, 0.25) is 5.91 Å². The molecule has 0 aliphatic carbocycles. The number of hydrogen-bond acceptors (Lipinski definition) is 2. The molecule has 0 radical (unpaired) electrons. The molecule has 1 aromatic carbocycles. The SMILES string of the molecule is CC(C)Cc1ccc([C@H](NC(=O)N2CCC(C(N)=O)CC2)C(C)C)cc1. The summed E-state index contributed by atoms with van der Waals surface area (Å²) in [6.45, 7) is 9.83. The van der Waals surface area contributed by atoms with E-state index in [1.54, 1.807) is 4.90 Å². The summed E-state index contributed by atoms with van der Waals surface area (Å²) in [5.74, 6) is 0.558. The predicted molar refractivity (Wildman–Crippen MR) is 105 cm³/mol. The third-order valence-electron chi connectivity index (χ3n) is 5.11. The lowest BCUT2D eigenvalue weighted by Gasteiger charge is -2.33. The third kappa shape index (κ3) is 5.48. The zero-order chi connectivity index (χ0) is 19.3. The molecule has 1 aliphatic rings. The predicted octanol–water partition coefficient (Wildman–Crippen LogP) is 3.49. The van der Waals surface area contributed by atoms with Gasteiger partial charge in [0.1, 0.15) is 0 Å². The van der Waals surface area contributed by atoms with Gasteiger partial charge >= 0.3 is 6.03 Å². The van der Waals surface area contributed by atoms with Crippen molar-refractivity contribution in [2.45, 2.75) is 53.0 Å². The van der Waals surface area contributed by atoms with Crippen molar-refractivity contribution in [3.8, 4) is 0 Å². The Hall–Kier alpha value is -2.04. The summed E-state index contributed by atoms with van der Waals surface area (Å²) in [7, 11) is 0. The van der Waals surface area contributed by atoms with Gasteiger partial charge < -0.3 is 16.0 Å². The second-order valence-electron chi connectivity index (χ2n) is 8.17. The number of nitrogens with zero attached hydrogens (tertiary/aromatic N) is 1. The van der Waals surface area contributed by atoms with Crippen LogP contribution in [0, 0.1) is 17.8 Å². The molecule has 2 rings (SSSR count). The van der Waals surface area contributed by atoms with Gasteiger partial charge in [-0.2, -0.15) is 0 Å². The van der Waals surface area contributed by atoms with E-state index < -0.39 is 0 Å². The lowest BCUT2D eigenvalue weighted by atomic mass is 9.93. The van der Waals surface area contributed by atoms with Crippen LogP contribution in [0.4, 0.5) is 4.79 Å². The van der Waals surface area contributed by atoms with Crippen LogP contribution in [0.15, 0.2) is 24.3 Å². The fraction of sp³-hybridized carbons (Fsp3) is 0.619. The topological polar surface area (TPSA) is 75.4 Å². The number of urea groups is 1. The van der Waals surface area contributed by atoms with Crippen LogP contribution >= 0.6 is 0 Å². The third-order valence-corrected chi connectivity index (χ3v) is 5.11. The van der Waals surface area contributed by atoms with Gasteiger partial charge in [-0.15, -0.1) is 0 Å². The zero-order valence-electron chi connectivity index (χ0n) is 16.5. The van der Waals surface area contributed by atoms with Crippen molar-refractivity contribution in [1.82, 2.24) is 10.2 Å². The molecule has 1 atom stereocenters. The molecule has 1 aliphatic heterocycles. The minimum Gasteiger partial charge on any atom is -0.369 e. The first-order chi connectivity index (χ1) is 12.3. The molecule has 0 spiro atoms. The number of amides is 3. The van der Waals surface area contributed by atoms with Gasteiger partial charge in [-0.05, 0) is 42.2 Å².